The number of nitrogens with one attached hydrogen (secondary N) is 1. The fourth-order valence-corrected chi connectivity index (χ4v) is 1.67. The van der Waals surface area contributed by atoms with Crippen molar-refractivity contribution in [1.82, 2.24) is 9.88 Å². The van der Waals surface area contributed by atoms with E-state index in [1.54, 1.807) is 23.4 Å². The Hall–Kier alpha value is -1.62. The van der Waals surface area contributed by atoms with Crippen molar-refractivity contribution in [2.24, 2.45) is 0 Å². The van der Waals surface area contributed by atoms with E-state index in [4.69, 9.17) is 5.11 Å². The highest BCUT2D eigenvalue weighted by molar-refractivity contribution is 5.99. The van der Waals surface area contributed by atoms with Crippen LogP contribution in [-0.4, -0.2) is 47.1 Å². The normalized spacial score (nSPS) is 10.2. The zero-order chi connectivity index (χ0) is 13.4. The Kier molecular flexibility index (Phi) is 6.14. The lowest BCUT2D eigenvalue weighted by molar-refractivity contribution is 0.0732. The molecular weight excluding hydrogens is 230 g/mol. The van der Waals surface area contributed by atoms with Gasteiger partial charge in [-0.25, -0.2) is 0 Å². The summed E-state index contributed by atoms with van der Waals surface area (Å²) < 4.78 is 0. The number of aromatic nitrogens is 1. The van der Waals surface area contributed by atoms with Crippen LogP contribution in [0.5, 0.6) is 0 Å². The first-order valence-corrected chi connectivity index (χ1v) is 6.32. The van der Waals surface area contributed by atoms with Gasteiger partial charge in [-0.2, -0.15) is 0 Å². The van der Waals surface area contributed by atoms with Crippen LogP contribution in [0.4, 0.5) is 5.69 Å². The minimum Gasteiger partial charge on any atom is -0.395 e. The summed E-state index contributed by atoms with van der Waals surface area (Å²) in [5.41, 5.74) is 1.36. The molecule has 0 aliphatic rings. The van der Waals surface area contributed by atoms with Crippen molar-refractivity contribution in [1.29, 1.82) is 0 Å². The first kappa shape index (κ1) is 14.4. The van der Waals surface area contributed by atoms with Gasteiger partial charge in [-0.05, 0) is 19.4 Å². The maximum absolute atomic E-state index is 12.3. The van der Waals surface area contributed by atoms with Crippen LogP contribution in [0.15, 0.2) is 18.5 Å². The van der Waals surface area contributed by atoms with Crippen molar-refractivity contribution in [2.75, 3.05) is 31.6 Å². The van der Waals surface area contributed by atoms with E-state index in [0.29, 0.717) is 18.7 Å². The van der Waals surface area contributed by atoms with Crippen molar-refractivity contribution in [3.05, 3.63) is 24.0 Å². The fraction of sp³-hybridized carbons (Fsp3) is 0.538. The van der Waals surface area contributed by atoms with E-state index < -0.39 is 0 Å². The predicted octanol–water partition coefficient (Wildman–Crippen LogP) is 1.36. The molecule has 0 aliphatic heterocycles. The summed E-state index contributed by atoms with van der Waals surface area (Å²) in [6.45, 7) is 5.66. The van der Waals surface area contributed by atoms with Gasteiger partial charge in [0.25, 0.3) is 5.91 Å². The van der Waals surface area contributed by atoms with Crippen LogP contribution in [0.25, 0.3) is 0 Å². The molecule has 1 aromatic rings. The Morgan fingerprint density at radius 3 is 2.89 bits per heavy atom. The Labute approximate surface area is 108 Å². The van der Waals surface area contributed by atoms with Crippen LogP contribution in [0.3, 0.4) is 0 Å². The number of likely N-dealkylation sites (N-methyl/N-ethyl adjacent to an activating group) is 1. The van der Waals surface area contributed by atoms with Gasteiger partial charge in [0.15, 0.2) is 0 Å². The molecule has 0 aliphatic carbocycles. The summed E-state index contributed by atoms with van der Waals surface area (Å²) in [6, 6.07) is 1.80. The van der Waals surface area contributed by atoms with Gasteiger partial charge in [-0.1, -0.05) is 6.92 Å². The molecule has 5 nitrogen and oxygen atoms in total. The molecule has 0 fully saturated rings. The monoisotopic (exact) mass is 251 g/mol. The topological polar surface area (TPSA) is 65.5 Å². The molecular formula is C13H21N3O2. The van der Waals surface area contributed by atoms with Gasteiger partial charge in [0.05, 0.1) is 17.9 Å². The van der Waals surface area contributed by atoms with E-state index in [-0.39, 0.29) is 12.5 Å². The van der Waals surface area contributed by atoms with Gasteiger partial charge < -0.3 is 15.3 Å². The molecule has 2 N–H and O–H groups in total. The lowest BCUT2D eigenvalue weighted by Crippen LogP contribution is -2.33. The minimum atomic E-state index is -0.0988. The molecule has 1 aromatic heterocycles. The second-order valence-electron chi connectivity index (χ2n) is 3.96. The van der Waals surface area contributed by atoms with E-state index in [9.17, 15) is 4.79 Å². The first-order valence-electron chi connectivity index (χ1n) is 6.32. The van der Waals surface area contributed by atoms with E-state index in [0.717, 1.165) is 18.7 Å². The highest BCUT2D eigenvalue weighted by atomic mass is 16.3. The molecule has 1 rings (SSSR count). The maximum Gasteiger partial charge on any atom is 0.257 e. The average Bonchev–Trinajstić information content (AvgIpc) is 2.42. The zero-order valence-electron chi connectivity index (χ0n) is 11.0. The number of amides is 1. The number of anilines is 1. The number of pyridine rings is 1. The lowest BCUT2D eigenvalue weighted by Gasteiger charge is -2.21. The third-order valence-corrected chi connectivity index (χ3v) is 2.66. The van der Waals surface area contributed by atoms with Crippen LogP contribution in [0, 0.1) is 0 Å². The summed E-state index contributed by atoms with van der Waals surface area (Å²) in [5, 5.41) is 12.2. The van der Waals surface area contributed by atoms with Gasteiger partial charge >= 0.3 is 0 Å². The van der Waals surface area contributed by atoms with Gasteiger partial charge in [-0.15, -0.1) is 0 Å². The van der Waals surface area contributed by atoms with E-state index in [2.05, 4.69) is 17.2 Å². The second-order valence-corrected chi connectivity index (χ2v) is 3.96. The van der Waals surface area contributed by atoms with Crippen LogP contribution >= 0.6 is 0 Å². The number of carbonyl (C=O) groups is 1. The highest BCUT2D eigenvalue weighted by Crippen LogP contribution is 2.15. The van der Waals surface area contributed by atoms with E-state index in [1.165, 1.54) is 0 Å². The Bertz CT molecular complexity index is 382. The van der Waals surface area contributed by atoms with E-state index in [1.807, 2.05) is 6.92 Å². The molecule has 0 spiro atoms. The summed E-state index contributed by atoms with van der Waals surface area (Å²) in [4.78, 5) is 17.9. The predicted molar refractivity (Wildman–Crippen MR) is 71.7 cm³/mol. The van der Waals surface area contributed by atoms with Crippen molar-refractivity contribution < 1.29 is 9.90 Å². The van der Waals surface area contributed by atoms with Crippen LogP contribution in [-0.2, 0) is 0 Å². The highest BCUT2D eigenvalue weighted by Gasteiger charge is 2.17. The van der Waals surface area contributed by atoms with E-state index >= 15 is 0 Å². The van der Waals surface area contributed by atoms with Gasteiger partial charge in [0, 0.05) is 32.0 Å². The van der Waals surface area contributed by atoms with Crippen LogP contribution < -0.4 is 5.32 Å². The Morgan fingerprint density at radius 2 is 2.28 bits per heavy atom. The summed E-state index contributed by atoms with van der Waals surface area (Å²) >= 11 is 0. The van der Waals surface area contributed by atoms with Crippen molar-refractivity contribution in [3.63, 3.8) is 0 Å². The Balaban J connectivity index is 2.89. The fourth-order valence-electron chi connectivity index (χ4n) is 1.67. The minimum absolute atomic E-state index is 0.0302. The molecule has 1 amide bonds. The van der Waals surface area contributed by atoms with Gasteiger partial charge in [-0.3, -0.25) is 9.78 Å². The largest absolute Gasteiger partial charge is 0.395 e. The molecule has 0 atom stereocenters. The van der Waals surface area contributed by atoms with Crippen molar-refractivity contribution in [3.8, 4) is 0 Å². The number of aliphatic hydroxyl groups excluding tert-OH is 1. The van der Waals surface area contributed by atoms with Crippen molar-refractivity contribution in [2.45, 2.75) is 20.3 Å². The molecule has 0 radical (unpaired) electrons. The smallest absolute Gasteiger partial charge is 0.257 e. The van der Waals surface area contributed by atoms with Gasteiger partial charge in [0.1, 0.15) is 0 Å². The number of nitrogens with zero attached hydrogens (tertiary/aromatic N) is 2. The SMILES string of the molecule is CCCNc1ccncc1C(=O)N(CC)CCO. The third-order valence-electron chi connectivity index (χ3n) is 2.66. The number of aliphatic hydroxyl groups is 1. The number of rotatable bonds is 7. The summed E-state index contributed by atoms with van der Waals surface area (Å²) in [6.07, 6.45) is 4.22. The number of carbonyl (C=O) groups excluding carboxylic acids is 1. The average molecular weight is 251 g/mol. The molecule has 0 saturated carbocycles. The number of hydrogen-bond acceptors (Lipinski definition) is 4. The molecule has 5 heteroatoms. The van der Waals surface area contributed by atoms with Gasteiger partial charge in [0.2, 0.25) is 0 Å². The molecule has 1 heterocycles. The standard InChI is InChI=1S/C13H21N3O2/c1-3-6-15-12-5-7-14-10-11(12)13(18)16(4-2)8-9-17/h5,7,10,17H,3-4,6,8-9H2,1-2H3,(H,14,15). The zero-order valence-corrected chi connectivity index (χ0v) is 11.0. The molecule has 0 saturated heterocycles. The van der Waals surface area contributed by atoms with Crippen molar-refractivity contribution >= 4 is 11.6 Å². The molecule has 18 heavy (non-hydrogen) atoms. The summed E-state index contributed by atoms with van der Waals surface area (Å²) in [5.74, 6) is -0.0988. The lowest BCUT2D eigenvalue weighted by atomic mass is 10.2. The molecule has 0 aromatic carbocycles. The summed E-state index contributed by atoms with van der Waals surface area (Å²) in [7, 11) is 0. The Morgan fingerprint density at radius 1 is 1.50 bits per heavy atom. The van der Waals surface area contributed by atoms with Crippen LogP contribution in [0.1, 0.15) is 30.6 Å². The van der Waals surface area contributed by atoms with Crippen LogP contribution in [0.2, 0.25) is 0 Å². The molecule has 0 bridgehead atoms. The second kappa shape index (κ2) is 7.66. The number of hydrogen-bond donors (Lipinski definition) is 2. The maximum atomic E-state index is 12.3. The molecule has 0 unspecified atom stereocenters. The quantitative estimate of drug-likeness (QED) is 0.768. The molecule has 100 valence electrons. The third kappa shape index (κ3) is 3.70. The first-order chi connectivity index (χ1) is 8.74.